The zero-order valence-electron chi connectivity index (χ0n) is 19.2. The first-order valence-electron chi connectivity index (χ1n) is 10.9. The number of aliphatic hydroxyl groups is 1. The maximum atomic E-state index is 10.5. The number of halogens is 1. The molecule has 0 aliphatic heterocycles. The van der Waals surface area contributed by atoms with Gasteiger partial charge in [-0.3, -0.25) is 4.90 Å². The summed E-state index contributed by atoms with van der Waals surface area (Å²) in [6.45, 7) is 5.45. The molecule has 174 valence electrons. The average Bonchev–Trinajstić information content (AvgIpc) is 3.10. The van der Waals surface area contributed by atoms with E-state index >= 15 is 0 Å². The molecule has 6 nitrogen and oxygen atoms in total. The Kier molecular flexibility index (Phi) is 8.93. The fourth-order valence-electron chi connectivity index (χ4n) is 3.52. The second-order valence-corrected chi connectivity index (χ2v) is 8.46. The summed E-state index contributed by atoms with van der Waals surface area (Å²) in [5.41, 5.74) is 2.72. The number of hydrogen-bond donors (Lipinski definition) is 1. The average molecular weight is 468 g/mol. The number of rotatable bonds is 11. The van der Waals surface area contributed by atoms with E-state index in [1.165, 1.54) is 0 Å². The summed E-state index contributed by atoms with van der Waals surface area (Å²) in [4.78, 5) is 2.16. The second kappa shape index (κ2) is 11.9. The Morgan fingerprint density at radius 2 is 1.85 bits per heavy atom. The summed E-state index contributed by atoms with van der Waals surface area (Å²) in [7, 11) is 1.85. The molecule has 3 rings (SSSR count). The minimum atomic E-state index is -0.675. The van der Waals surface area contributed by atoms with Crippen molar-refractivity contribution in [1.29, 1.82) is 0 Å². The van der Waals surface area contributed by atoms with Crippen molar-refractivity contribution in [2.75, 3.05) is 19.8 Å². The Hall–Kier alpha value is -2.82. The topological polar surface area (TPSA) is 59.8 Å². The molecule has 1 aromatic heterocycles. The number of benzene rings is 2. The van der Waals surface area contributed by atoms with E-state index in [1.807, 2.05) is 55.6 Å². The van der Waals surface area contributed by atoms with E-state index in [9.17, 15) is 5.11 Å². The first-order chi connectivity index (χ1) is 15.9. The quantitative estimate of drug-likeness (QED) is 0.325. The summed E-state index contributed by atoms with van der Waals surface area (Å²) < 4.78 is 13.3. The molecule has 0 aliphatic carbocycles. The smallest absolute Gasteiger partial charge is 0.222 e. The van der Waals surface area contributed by atoms with Crippen molar-refractivity contribution in [3.8, 4) is 35.2 Å². The van der Waals surface area contributed by atoms with Crippen molar-refractivity contribution in [2.45, 2.75) is 32.5 Å². The SMILES string of the molecule is C#CCOCC(O)CN(Cc1c(-c2ccccc2)nn(C)c1Oc1ccccc1Cl)C(C)C. The van der Waals surface area contributed by atoms with Crippen LogP contribution in [0.2, 0.25) is 5.02 Å². The second-order valence-electron chi connectivity index (χ2n) is 8.05. The lowest BCUT2D eigenvalue weighted by Crippen LogP contribution is -2.39. The van der Waals surface area contributed by atoms with Gasteiger partial charge in [0.05, 0.1) is 23.3 Å². The van der Waals surface area contributed by atoms with Crippen LogP contribution < -0.4 is 4.74 Å². The minimum absolute atomic E-state index is 0.157. The Bertz CT molecular complexity index is 1080. The Labute approximate surface area is 200 Å². The maximum Gasteiger partial charge on any atom is 0.222 e. The maximum absolute atomic E-state index is 10.5. The fourth-order valence-corrected chi connectivity index (χ4v) is 3.69. The van der Waals surface area contributed by atoms with Gasteiger partial charge < -0.3 is 14.6 Å². The number of ether oxygens (including phenoxy) is 2. The molecule has 1 atom stereocenters. The van der Waals surface area contributed by atoms with Gasteiger partial charge in [0, 0.05) is 31.7 Å². The molecule has 0 spiro atoms. The van der Waals surface area contributed by atoms with Gasteiger partial charge in [-0.15, -0.1) is 6.42 Å². The van der Waals surface area contributed by atoms with Gasteiger partial charge in [0.15, 0.2) is 0 Å². The number of terminal acetylenes is 1. The Balaban J connectivity index is 1.96. The molecule has 33 heavy (non-hydrogen) atoms. The molecule has 0 amide bonds. The molecule has 0 fully saturated rings. The first kappa shape index (κ1) is 24.8. The summed E-state index contributed by atoms with van der Waals surface area (Å²) in [5, 5.41) is 15.8. The highest BCUT2D eigenvalue weighted by Crippen LogP contribution is 2.36. The van der Waals surface area contributed by atoms with Crippen LogP contribution >= 0.6 is 11.6 Å². The van der Waals surface area contributed by atoms with Crippen LogP contribution in [-0.4, -0.2) is 51.7 Å². The van der Waals surface area contributed by atoms with E-state index in [1.54, 1.807) is 10.7 Å². The van der Waals surface area contributed by atoms with Gasteiger partial charge in [0.2, 0.25) is 5.88 Å². The summed E-state index contributed by atoms with van der Waals surface area (Å²) in [6, 6.07) is 17.5. The van der Waals surface area contributed by atoms with Gasteiger partial charge in [-0.1, -0.05) is 60.0 Å². The van der Waals surface area contributed by atoms with Crippen LogP contribution in [0.5, 0.6) is 11.6 Å². The molecule has 7 heteroatoms. The highest BCUT2D eigenvalue weighted by atomic mass is 35.5. The lowest BCUT2D eigenvalue weighted by atomic mass is 10.1. The summed E-state index contributed by atoms with van der Waals surface area (Å²) in [5.74, 6) is 3.58. The van der Waals surface area contributed by atoms with Gasteiger partial charge in [-0.05, 0) is 26.0 Å². The molecule has 2 aromatic carbocycles. The molecule has 0 saturated heterocycles. The zero-order chi connectivity index (χ0) is 23.8. The van der Waals surface area contributed by atoms with Crippen molar-refractivity contribution >= 4 is 11.6 Å². The number of nitrogens with zero attached hydrogens (tertiary/aromatic N) is 3. The standard InChI is InChI=1S/C26H30ClN3O3/c1-5-15-32-18-21(31)16-30(19(2)3)17-22-25(20-11-7-6-8-12-20)28-29(4)26(22)33-24-14-10-9-13-23(24)27/h1,6-14,19,21,31H,15-18H2,2-4H3. The lowest BCUT2D eigenvalue weighted by Gasteiger charge is -2.29. The normalized spacial score (nSPS) is 12.2. The van der Waals surface area contributed by atoms with Crippen molar-refractivity contribution in [3.63, 3.8) is 0 Å². The van der Waals surface area contributed by atoms with Gasteiger partial charge in [-0.2, -0.15) is 5.10 Å². The van der Waals surface area contributed by atoms with Gasteiger partial charge in [-0.25, -0.2) is 4.68 Å². The first-order valence-corrected chi connectivity index (χ1v) is 11.3. The third-order valence-corrected chi connectivity index (χ3v) is 5.52. The van der Waals surface area contributed by atoms with Crippen molar-refractivity contribution in [3.05, 3.63) is 65.2 Å². The third kappa shape index (κ3) is 6.59. The molecule has 0 aliphatic rings. The monoisotopic (exact) mass is 467 g/mol. The molecule has 0 bridgehead atoms. The van der Waals surface area contributed by atoms with Crippen LogP contribution in [0.3, 0.4) is 0 Å². The van der Waals surface area contributed by atoms with E-state index in [-0.39, 0.29) is 19.3 Å². The van der Waals surface area contributed by atoms with Crippen molar-refractivity contribution in [1.82, 2.24) is 14.7 Å². The lowest BCUT2D eigenvalue weighted by molar-refractivity contribution is 0.0191. The highest BCUT2D eigenvalue weighted by molar-refractivity contribution is 6.32. The van der Waals surface area contributed by atoms with Crippen LogP contribution in [0, 0.1) is 12.3 Å². The molecule has 1 unspecified atom stereocenters. The number of aryl methyl sites for hydroxylation is 1. The number of hydrogen-bond acceptors (Lipinski definition) is 5. The van der Waals surface area contributed by atoms with E-state index in [0.717, 1.165) is 16.8 Å². The molecule has 1 heterocycles. The van der Waals surface area contributed by atoms with E-state index in [0.29, 0.717) is 29.7 Å². The molecule has 3 aromatic rings. The van der Waals surface area contributed by atoms with E-state index in [4.69, 9.17) is 32.6 Å². The molecule has 1 N–H and O–H groups in total. The molecule has 0 radical (unpaired) electrons. The predicted molar refractivity (Wildman–Crippen MR) is 131 cm³/mol. The zero-order valence-corrected chi connectivity index (χ0v) is 20.0. The number of aromatic nitrogens is 2. The molecular weight excluding hydrogens is 438 g/mol. The Morgan fingerprint density at radius 1 is 1.15 bits per heavy atom. The van der Waals surface area contributed by atoms with Crippen LogP contribution in [0.4, 0.5) is 0 Å². The third-order valence-electron chi connectivity index (χ3n) is 5.21. The highest BCUT2D eigenvalue weighted by Gasteiger charge is 2.25. The predicted octanol–water partition coefficient (Wildman–Crippen LogP) is 4.75. The van der Waals surface area contributed by atoms with Crippen LogP contribution in [0.1, 0.15) is 19.4 Å². The van der Waals surface area contributed by atoms with Gasteiger partial charge in [0.1, 0.15) is 18.1 Å². The van der Waals surface area contributed by atoms with Crippen LogP contribution in [0.15, 0.2) is 54.6 Å². The van der Waals surface area contributed by atoms with E-state index < -0.39 is 6.10 Å². The van der Waals surface area contributed by atoms with Crippen LogP contribution in [-0.2, 0) is 18.3 Å². The van der Waals surface area contributed by atoms with Crippen molar-refractivity contribution < 1.29 is 14.6 Å². The number of aliphatic hydroxyl groups excluding tert-OH is 1. The van der Waals surface area contributed by atoms with E-state index in [2.05, 4.69) is 24.7 Å². The summed E-state index contributed by atoms with van der Waals surface area (Å²) in [6.07, 6.45) is 4.56. The van der Waals surface area contributed by atoms with Crippen LogP contribution in [0.25, 0.3) is 11.3 Å². The Morgan fingerprint density at radius 3 is 2.52 bits per heavy atom. The number of para-hydroxylation sites is 1. The molecular formula is C26H30ClN3O3. The largest absolute Gasteiger partial charge is 0.437 e. The minimum Gasteiger partial charge on any atom is -0.437 e. The van der Waals surface area contributed by atoms with Gasteiger partial charge >= 0.3 is 0 Å². The molecule has 0 saturated carbocycles. The van der Waals surface area contributed by atoms with Crippen molar-refractivity contribution in [2.24, 2.45) is 7.05 Å². The van der Waals surface area contributed by atoms with Gasteiger partial charge in [0.25, 0.3) is 0 Å². The fraction of sp³-hybridized carbons (Fsp3) is 0.346. The summed E-state index contributed by atoms with van der Waals surface area (Å²) >= 11 is 6.36.